The fourth-order valence-corrected chi connectivity index (χ4v) is 2.51. The quantitative estimate of drug-likeness (QED) is 0.907. The van der Waals surface area contributed by atoms with E-state index < -0.39 is 0 Å². The summed E-state index contributed by atoms with van der Waals surface area (Å²) in [7, 11) is 0. The monoisotopic (exact) mass is 289 g/mol. The van der Waals surface area contributed by atoms with Crippen molar-refractivity contribution in [3.63, 3.8) is 0 Å². The van der Waals surface area contributed by atoms with Crippen molar-refractivity contribution in [3.05, 3.63) is 35.7 Å². The zero-order valence-corrected chi connectivity index (χ0v) is 12.2. The largest absolute Gasteiger partial charge is 0.377 e. The molecule has 1 aliphatic heterocycles. The Morgan fingerprint density at radius 3 is 3.00 bits per heavy atom. The molecule has 1 amide bonds. The molecule has 0 unspecified atom stereocenters. The minimum absolute atomic E-state index is 0.0282. The van der Waals surface area contributed by atoms with Crippen LogP contribution in [0.2, 0.25) is 0 Å². The number of ether oxygens (including phenoxy) is 1. The van der Waals surface area contributed by atoms with E-state index >= 15 is 0 Å². The Kier molecular flexibility index (Phi) is 3.74. The second kappa shape index (κ2) is 5.69. The normalized spacial score (nSPS) is 19.0. The van der Waals surface area contributed by atoms with Gasteiger partial charge in [-0.05, 0) is 19.4 Å². The number of aryl methyl sites for hydroxylation is 2. The van der Waals surface area contributed by atoms with Gasteiger partial charge in [-0.1, -0.05) is 0 Å². The van der Waals surface area contributed by atoms with E-state index in [1.165, 1.54) is 0 Å². The summed E-state index contributed by atoms with van der Waals surface area (Å²) in [6.45, 7) is 5.74. The van der Waals surface area contributed by atoms with Crippen molar-refractivity contribution >= 4 is 5.91 Å². The number of nitrogens with one attached hydrogen (secondary N) is 1. The topological polar surface area (TPSA) is 76.0 Å². The maximum absolute atomic E-state index is 12.5. The van der Waals surface area contributed by atoms with Crippen LogP contribution in [0.1, 0.15) is 23.1 Å². The molecule has 3 heterocycles. The number of nitrogens with zero attached hydrogens (tertiary/aromatic N) is 4. The lowest BCUT2D eigenvalue weighted by atomic mass is 10.2. The molecule has 1 aliphatic rings. The first kappa shape index (κ1) is 13.8. The Hall–Kier alpha value is -2.15. The fraction of sp³-hybridized carbons (Fsp3) is 0.500. The van der Waals surface area contributed by atoms with Crippen molar-refractivity contribution in [2.75, 3.05) is 19.8 Å². The van der Waals surface area contributed by atoms with Gasteiger partial charge in [-0.15, -0.1) is 0 Å². The molecule has 112 valence electrons. The molecule has 1 saturated heterocycles. The minimum Gasteiger partial charge on any atom is -0.377 e. The van der Waals surface area contributed by atoms with E-state index in [1.54, 1.807) is 17.1 Å². The van der Waals surface area contributed by atoms with E-state index in [9.17, 15) is 4.79 Å². The molecular formula is C14H19N5O2. The number of aromatic nitrogens is 4. The summed E-state index contributed by atoms with van der Waals surface area (Å²) in [6.07, 6.45) is 5.38. The average molecular weight is 289 g/mol. The second-order valence-corrected chi connectivity index (χ2v) is 5.34. The van der Waals surface area contributed by atoms with E-state index in [-0.39, 0.29) is 18.5 Å². The molecule has 0 aromatic carbocycles. The molecule has 21 heavy (non-hydrogen) atoms. The van der Waals surface area contributed by atoms with Crippen LogP contribution >= 0.6 is 0 Å². The molecule has 0 radical (unpaired) electrons. The van der Waals surface area contributed by atoms with Crippen molar-refractivity contribution in [3.8, 4) is 0 Å². The minimum atomic E-state index is -0.156. The highest BCUT2D eigenvalue weighted by Crippen LogP contribution is 2.22. The lowest BCUT2D eigenvalue weighted by molar-refractivity contribution is -0.141. The summed E-state index contributed by atoms with van der Waals surface area (Å²) in [4.78, 5) is 21.9. The third kappa shape index (κ3) is 2.97. The highest BCUT2D eigenvalue weighted by molar-refractivity contribution is 5.76. The molecule has 2 aromatic rings. The molecule has 1 N–H and O–H groups in total. The van der Waals surface area contributed by atoms with Crippen molar-refractivity contribution in [2.45, 2.75) is 26.4 Å². The Bertz CT molecular complexity index is 633. The Morgan fingerprint density at radius 2 is 2.33 bits per heavy atom. The van der Waals surface area contributed by atoms with Gasteiger partial charge in [-0.3, -0.25) is 9.48 Å². The van der Waals surface area contributed by atoms with Crippen LogP contribution in [0.15, 0.2) is 18.6 Å². The SMILES string of the molecule is Cc1cnn(CC(=O)N2CCOC[C@@H]2c2ncc(C)[nH]2)c1. The zero-order valence-electron chi connectivity index (χ0n) is 12.2. The van der Waals surface area contributed by atoms with Crippen molar-refractivity contribution < 1.29 is 9.53 Å². The van der Waals surface area contributed by atoms with Crippen LogP contribution in [0, 0.1) is 13.8 Å². The van der Waals surface area contributed by atoms with E-state index in [0.717, 1.165) is 17.1 Å². The molecule has 3 rings (SSSR count). The molecule has 0 saturated carbocycles. The average Bonchev–Trinajstić information content (AvgIpc) is 3.07. The standard InChI is InChI=1S/C14H19N5O2/c1-10-5-16-18(7-10)8-13(20)19-3-4-21-9-12(19)14-15-6-11(2)17-14/h5-7,12H,3-4,8-9H2,1-2H3,(H,15,17)/t12-/m1/s1. The third-order valence-corrected chi connectivity index (χ3v) is 3.55. The molecule has 0 spiro atoms. The van der Waals surface area contributed by atoms with Gasteiger partial charge >= 0.3 is 0 Å². The summed E-state index contributed by atoms with van der Waals surface area (Å²) >= 11 is 0. The summed E-state index contributed by atoms with van der Waals surface area (Å²) in [5.74, 6) is 0.803. The van der Waals surface area contributed by atoms with Gasteiger partial charge in [-0.2, -0.15) is 5.10 Å². The Labute approximate surface area is 122 Å². The molecule has 7 nitrogen and oxygen atoms in total. The maximum Gasteiger partial charge on any atom is 0.245 e. The highest BCUT2D eigenvalue weighted by atomic mass is 16.5. The van der Waals surface area contributed by atoms with Gasteiger partial charge < -0.3 is 14.6 Å². The second-order valence-electron chi connectivity index (χ2n) is 5.34. The van der Waals surface area contributed by atoms with Gasteiger partial charge in [0.15, 0.2) is 0 Å². The first-order chi connectivity index (χ1) is 10.1. The summed E-state index contributed by atoms with van der Waals surface area (Å²) in [5, 5.41) is 4.17. The number of H-pyrrole nitrogens is 1. The first-order valence-electron chi connectivity index (χ1n) is 7.01. The van der Waals surface area contributed by atoms with Crippen molar-refractivity contribution in [2.24, 2.45) is 0 Å². The fourth-order valence-electron chi connectivity index (χ4n) is 2.51. The first-order valence-corrected chi connectivity index (χ1v) is 7.01. The predicted molar refractivity (Wildman–Crippen MR) is 75.6 cm³/mol. The number of rotatable bonds is 3. The van der Waals surface area contributed by atoms with E-state index in [0.29, 0.717) is 19.8 Å². The molecular weight excluding hydrogens is 270 g/mol. The number of imidazole rings is 1. The number of morpholine rings is 1. The van der Waals surface area contributed by atoms with E-state index in [4.69, 9.17) is 4.74 Å². The van der Waals surface area contributed by atoms with Crippen LogP contribution in [0.25, 0.3) is 0 Å². The van der Waals surface area contributed by atoms with Crippen LogP contribution in [-0.2, 0) is 16.1 Å². The van der Waals surface area contributed by atoms with Gasteiger partial charge in [0.1, 0.15) is 18.4 Å². The molecule has 1 atom stereocenters. The number of hydrogen-bond donors (Lipinski definition) is 1. The molecule has 0 aliphatic carbocycles. The molecule has 2 aromatic heterocycles. The number of carbonyl (C=O) groups excluding carboxylic acids is 1. The van der Waals surface area contributed by atoms with E-state index in [1.807, 2.05) is 24.9 Å². The lowest BCUT2D eigenvalue weighted by Crippen LogP contribution is -2.45. The van der Waals surface area contributed by atoms with Crippen molar-refractivity contribution in [1.29, 1.82) is 0 Å². The van der Waals surface area contributed by atoms with Gasteiger partial charge in [0.2, 0.25) is 5.91 Å². The summed E-state index contributed by atoms with van der Waals surface area (Å²) in [5.41, 5.74) is 2.02. The Balaban J connectivity index is 1.75. The van der Waals surface area contributed by atoms with E-state index in [2.05, 4.69) is 15.1 Å². The molecule has 1 fully saturated rings. The lowest BCUT2D eigenvalue weighted by Gasteiger charge is -2.34. The van der Waals surface area contributed by atoms with Crippen LogP contribution in [0.3, 0.4) is 0 Å². The molecule has 7 heteroatoms. The Morgan fingerprint density at radius 1 is 1.48 bits per heavy atom. The van der Waals surface area contributed by atoms with Crippen molar-refractivity contribution in [1.82, 2.24) is 24.6 Å². The van der Waals surface area contributed by atoms with Crippen LogP contribution in [0.5, 0.6) is 0 Å². The highest BCUT2D eigenvalue weighted by Gasteiger charge is 2.30. The predicted octanol–water partition coefficient (Wildman–Crippen LogP) is 0.823. The summed E-state index contributed by atoms with van der Waals surface area (Å²) < 4.78 is 7.17. The molecule has 0 bridgehead atoms. The summed E-state index contributed by atoms with van der Waals surface area (Å²) in [6, 6.07) is -0.156. The van der Waals surface area contributed by atoms with Crippen LogP contribution < -0.4 is 0 Å². The van der Waals surface area contributed by atoms with Gasteiger partial charge in [0.25, 0.3) is 0 Å². The third-order valence-electron chi connectivity index (χ3n) is 3.55. The number of carbonyl (C=O) groups is 1. The van der Waals surface area contributed by atoms with Crippen LogP contribution in [0.4, 0.5) is 0 Å². The van der Waals surface area contributed by atoms with Gasteiger partial charge in [0, 0.05) is 24.6 Å². The maximum atomic E-state index is 12.5. The van der Waals surface area contributed by atoms with Gasteiger partial charge in [-0.25, -0.2) is 4.98 Å². The number of amides is 1. The number of hydrogen-bond acceptors (Lipinski definition) is 4. The zero-order chi connectivity index (χ0) is 14.8. The number of aromatic amines is 1. The smallest absolute Gasteiger partial charge is 0.245 e. The van der Waals surface area contributed by atoms with Gasteiger partial charge in [0.05, 0.1) is 19.4 Å². The van der Waals surface area contributed by atoms with Crippen LogP contribution in [-0.4, -0.2) is 50.3 Å².